The van der Waals surface area contributed by atoms with Gasteiger partial charge < -0.3 is 26.0 Å². The van der Waals surface area contributed by atoms with Gasteiger partial charge in [0.25, 0.3) is 0 Å². The fraction of sp³-hybridized carbons (Fsp3) is 0.800. The highest BCUT2D eigenvalue weighted by Crippen LogP contribution is 1.93. The molecule has 6 N–H and O–H groups in total. The van der Waals surface area contributed by atoms with Crippen LogP contribution in [0.1, 0.15) is 12.8 Å². The Bertz CT molecular complexity index is 275. The molecule has 0 radical (unpaired) electrons. The molecule has 0 heterocycles. The highest BCUT2D eigenvalue weighted by Gasteiger charge is 2.19. The zero-order valence-corrected chi connectivity index (χ0v) is 10.4. The first-order valence-corrected chi connectivity index (χ1v) is 5.79. The molecule has 0 saturated carbocycles. The van der Waals surface area contributed by atoms with Gasteiger partial charge >= 0.3 is 11.9 Å². The minimum absolute atomic E-state index is 0.0718. The highest BCUT2D eigenvalue weighted by atomic mass is 17.1. The Morgan fingerprint density at radius 3 is 2.26 bits per heavy atom. The maximum atomic E-state index is 10.7. The van der Waals surface area contributed by atoms with Gasteiger partial charge in [-0.2, -0.15) is 0 Å². The standard InChI is InChI=1S/C10H20N2O7/c13-6-7(1-4-19-18)11-2-3-12-8(10(16)17)5-9(14)15/h7-8,11-13,18H,1-6H2,(H,14,15)(H,16,17). The van der Waals surface area contributed by atoms with Crippen LogP contribution in [0.15, 0.2) is 0 Å². The van der Waals surface area contributed by atoms with Crippen molar-refractivity contribution in [3.63, 3.8) is 0 Å². The first-order chi connectivity index (χ1) is 9.01. The van der Waals surface area contributed by atoms with Gasteiger partial charge in [0.05, 0.1) is 19.6 Å². The predicted octanol–water partition coefficient (Wildman–Crippen LogP) is -1.67. The van der Waals surface area contributed by atoms with E-state index in [1.807, 2.05) is 0 Å². The van der Waals surface area contributed by atoms with E-state index in [1.165, 1.54) is 0 Å². The summed E-state index contributed by atoms with van der Waals surface area (Å²) < 4.78 is 0. The Kier molecular flexibility index (Phi) is 9.94. The minimum Gasteiger partial charge on any atom is -0.481 e. The van der Waals surface area contributed by atoms with E-state index < -0.39 is 24.4 Å². The summed E-state index contributed by atoms with van der Waals surface area (Å²) >= 11 is 0. The highest BCUT2D eigenvalue weighted by molar-refractivity contribution is 5.80. The molecule has 0 fully saturated rings. The van der Waals surface area contributed by atoms with Crippen molar-refractivity contribution in [2.45, 2.75) is 24.9 Å². The maximum Gasteiger partial charge on any atom is 0.321 e. The van der Waals surface area contributed by atoms with E-state index >= 15 is 0 Å². The molecule has 0 bridgehead atoms. The number of carbonyl (C=O) groups is 2. The van der Waals surface area contributed by atoms with E-state index in [9.17, 15) is 9.59 Å². The SMILES string of the molecule is O=C(O)CC(NCCNC(CO)CCOO)C(=O)O. The Morgan fingerprint density at radius 2 is 1.79 bits per heavy atom. The first kappa shape index (κ1) is 17.7. The van der Waals surface area contributed by atoms with Crippen LogP contribution in [0.25, 0.3) is 0 Å². The van der Waals surface area contributed by atoms with Gasteiger partial charge in [0.15, 0.2) is 0 Å². The number of hydrogen-bond acceptors (Lipinski definition) is 7. The van der Waals surface area contributed by atoms with Gasteiger partial charge in [-0.1, -0.05) is 0 Å². The summed E-state index contributed by atoms with van der Waals surface area (Å²) in [6.07, 6.45) is -0.110. The summed E-state index contributed by atoms with van der Waals surface area (Å²) in [5, 5.41) is 39.9. The molecular weight excluding hydrogens is 260 g/mol. The van der Waals surface area contributed by atoms with Crippen LogP contribution < -0.4 is 10.6 Å². The monoisotopic (exact) mass is 280 g/mol. The predicted molar refractivity (Wildman–Crippen MR) is 63.8 cm³/mol. The van der Waals surface area contributed by atoms with Crippen molar-refractivity contribution in [2.24, 2.45) is 0 Å². The van der Waals surface area contributed by atoms with Crippen LogP contribution in [0.2, 0.25) is 0 Å². The second-order valence-electron chi connectivity index (χ2n) is 3.90. The van der Waals surface area contributed by atoms with E-state index in [4.69, 9.17) is 20.6 Å². The number of hydrogen-bond donors (Lipinski definition) is 6. The van der Waals surface area contributed by atoms with Crippen LogP contribution in [-0.2, 0) is 14.5 Å². The summed E-state index contributed by atoms with van der Waals surface area (Å²) in [5.74, 6) is -2.42. The molecule has 0 rings (SSSR count). The molecule has 0 aliphatic heterocycles. The minimum atomic E-state index is -1.23. The van der Waals surface area contributed by atoms with Crippen molar-refractivity contribution in [1.82, 2.24) is 10.6 Å². The third-order valence-electron chi connectivity index (χ3n) is 2.40. The lowest BCUT2D eigenvalue weighted by atomic mass is 10.2. The topological polar surface area (TPSA) is 148 Å². The van der Waals surface area contributed by atoms with Crippen LogP contribution in [0.5, 0.6) is 0 Å². The second kappa shape index (κ2) is 10.6. The van der Waals surface area contributed by atoms with Gasteiger partial charge in [-0.15, -0.1) is 0 Å². The molecule has 112 valence electrons. The number of aliphatic hydroxyl groups is 1. The van der Waals surface area contributed by atoms with Crippen LogP contribution in [0.4, 0.5) is 0 Å². The van der Waals surface area contributed by atoms with Gasteiger partial charge in [-0.3, -0.25) is 14.8 Å². The molecular formula is C10H20N2O7. The number of nitrogens with one attached hydrogen (secondary N) is 2. The van der Waals surface area contributed by atoms with Gasteiger partial charge in [-0.25, -0.2) is 4.89 Å². The average Bonchev–Trinajstić information content (AvgIpc) is 2.35. The van der Waals surface area contributed by atoms with Gasteiger partial charge in [-0.05, 0) is 6.42 Å². The zero-order chi connectivity index (χ0) is 14.7. The fourth-order valence-corrected chi connectivity index (χ4v) is 1.40. The number of rotatable bonds is 12. The number of aliphatic carboxylic acids is 2. The fourth-order valence-electron chi connectivity index (χ4n) is 1.40. The Morgan fingerprint density at radius 1 is 1.16 bits per heavy atom. The molecule has 2 atom stereocenters. The normalized spacial score (nSPS) is 14.0. The molecule has 0 aromatic heterocycles. The molecule has 0 aromatic carbocycles. The summed E-state index contributed by atoms with van der Waals surface area (Å²) in [6, 6.07) is -1.43. The van der Waals surface area contributed by atoms with E-state index in [0.717, 1.165) is 0 Å². The Hall–Kier alpha value is -1.26. The summed E-state index contributed by atoms with van der Waals surface area (Å²) in [7, 11) is 0. The second-order valence-corrected chi connectivity index (χ2v) is 3.90. The zero-order valence-electron chi connectivity index (χ0n) is 10.4. The summed E-state index contributed by atoms with van der Waals surface area (Å²) in [5.41, 5.74) is 0. The smallest absolute Gasteiger partial charge is 0.321 e. The van der Waals surface area contributed by atoms with Crippen LogP contribution in [-0.4, -0.2) is 70.9 Å². The van der Waals surface area contributed by atoms with E-state index in [2.05, 4.69) is 15.5 Å². The van der Waals surface area contributed by atoms with E-state index in [-0.39, 0.29) is 25.8 Å². The Labute approximate surface area is 110 Å². The molecule has 0 spiro atoms. The number of carboxylic acids is 2. The van der Waals surface area contributed by atoms with E-state index in [1.54, 1.807) is 0 Å². The average molecular weight is 280 g/mol. The molecule has 9 heteroatoms. The largest absolute Gasteiger partial charge is 0.481 e. The molecule has 0 aliphatic rings. The molecule has 0 amide bonds. The third kappa shape index (κ3) is 9.33. The van der Waals surface area contributed by atoms with Gasteiger partial charge in [0, 0.05) is 19.1 Å². The number of carboxylic acid groups (broad SMARTS) is 2. The lowest BCUT2D eigenvalue weighted by molar-refractivity contribution is -0.243. The van der Waals surface area contributed by atoms with E-state index in [0.29, 0.717) is 13.0 Å². The molecule has 19 heavy (non-hydrogen) atoms. The van der Waals surface area contributed by atoms with Gasteiger partial charge in [0.1, 0.15) is 6.04 Å². The van der Waals surface area contributed by atoms with Crippen LogP contribution in [0, 0.1) is 0 Å². The quantitative estimate of drug-likeness (QED) is 0.140. The summed E-state index contributed by atoms with van der Waals surface area (Å²) in [4.78, 5) is 25.0. The molecule has 2 unspecified atom stereocenters. The van der Waals surface area contributed by atoms with Crippen molar-refractivity contribution in [3.05, 3.63) is 0 Å². The molecule has 0 aliphatic carbocycles. The lowest BCUT2D eigenvalue weighted by Gasteiger charge is -2.17. The Balaban J connectivity index is 3.85. The van der Waals surface area contributed by atoms with Crippen LogP contribution >= 0.6 is 0 Å². The van der Waals surface area contributed by atoms with Crippen molar-refractivity contribution in [1.29, 1.82) is 0 Å². The van der Waals surface area contributed by atoms with Crippen LogP contribution in [0.3, 0.4) is 0 Å². The molecule has 9 nitrogen and oxygen atoms in total. The van der Waals surface area contributed by atoms with Gasteiger partial charge in [0.2, 0.25) is 0 Å². The number of aliphatic hydroxyl groups excluding tert-OH is 1. The third-order valence-corrected chi connectivity index (χ3v) is 2.40. The molecule has 0 saturated heterocycles. The lowest BCUT2D eigenvalue weighted by Crippen LogP contribution is -2.44. The maximum absolute atomic E-state index is 10.7. The molecule has 0 aromatic rings. The van der Waals surface area contributed by atoms with Crippen molar-refractivity contribution >= 4 is 11.9 Å². The first-order valence-electron chi connectivity index (χ1n) is 5.79. The van der Waals surface area contributed by atoms with Crippen molar-refractivity contribution < 1.29 is 35.1 Å². The van der Waals surface area contributed by atoms with Crippen molar-refractivity contribution in [3.8, 4) is 0 Å². The summed E-state index contributed by atoms with van der Waals surface area (Å²) in [6.45, 7) is 0.504. The van der Waals surface area contributed by atoms with Crippen molar-refractivity contribution in [2.75, 3.05) is 26.3 Å².